The summed E-state index contributed by atoms with van der Waals surface area (Å²) in [6, 6.07) is 14.6. The van der Waals surface area contributed by atoms with Crippen molar-refractivity contribution < 1.29 is 4.79 Å². The van der Waals surface area contributed by atoms with Crippen molar-refractivity contribution >= 4 is 38.3 Å². The maximum absolute atomic E-state index is 12.5. The molecule has 0 amide bonds. The lowest BCUT2D eigenvalue weighted by atomic mass is 10.0. The molecule has 20 heavy (non-hydrogen) atoms. The molecular formula is C16H11BrN2O. The van der Waals surface area contributed by atoms with Gasteiger partial charge in [0.1, 0.15) is 0 Å². The number of aromatic nitrogens is 1. The topological polar surface area (TPSA) is 56.0 Å². The number of anilines is 1. The van der Waals surface area contributed by atoms with Crippen molar-refractivity contribution in [2.45, 2.75) is 0 Å². The smallest absolute Gasteiger partial charge is 0.193 e. The van der Waals surface area contributed by atoms with Crippen molar-refractivity contribution in [3.05, 3.63) is 70.3 Å². The molecule has 0 saturated carbocycles. The summed E-state index contributed by atoms with van der Waals surface area (Å²) in [7, 11) is 0. The molecule has 0 aliphatic rings. The Morgan fingerprint density at radius 1 is 1.05 bits per heavy atom. The van der Waals surface area contributed by atoms with E-state index in [1.54, 1.807) is 24.4 Å². The Morgan fingerprint density at radius 3 is 2.60 bits per heavy atom. The third kappa shape index (κ3) is 2.30. The molecule has 0 unspecified atom stereocenters. The fraction of sp³-hybridized carbons (Fsp3) is 0. The van der Waals surface area contributed by atoms with Gasteiger partial charge in [0.2, 0.25) is 0 Å². The van der Waals surface area contributed by atoms with Crippen molar-refractivity contribution in [3.8, 4) is 0 Å². The van der Waals surface area contributed by atoms with E-state index in [9.17, 15) is 4.79 Å². The molecule has 1 heterocycles. The number of nitrogens with zero attached hydrogens (tertiary/aromatic N) is 1. The second kappa shape index (κ2) is 5.06. The van der Waals surface area contributed by atoms with E-state index in [-0.39, 0.29) is 5.78 Å². The Morgan fingerprint density at radius 2 is 1.80 bits per heavy atom. The van der Waals surface area contributed by atoms with E-state index in [1.165, 1.54) is 0 Å². The van der Waals surface area contributed by atoms with E-state index in [0.29, 0.717) is 16.8 Å². The molecule has 98 valence electrons. The molecule has 1 aromatic heterocycles. The van der Waals surface area contributed by atoms with Crippen molar-refractivity contribution in [2.24, 2.45) is 0 Å². The number of hydrogen-bond donors (Lipinski definition) is 1. The van der Waals surface area contributed by atoms with Crippen LogP contribution >= 0.6 is 15.9 Å². The first-order valence-electron chi connectivity index (χ1n) is 6.09. The number of rotatable bonds is 2. The average Bonchev–Trinajstić information content (AvgIpc) is 2.49. The number of benzene rings is 2. The standard InChI is InChI=1S/C16H11BrN2O/c17-13-8-11(5-6-14(13)18)16(20)12-4-3-10-2-1-7-19-15(10)9-12/h1-9H,18H2. The summed E-state index contributed by atoms with van der Waals surface area (Å²) in [5.41, 5.74) is 8.38. The monoisotopic (exact) mass is 326 g/mol. The predicted octanol–water partition coefficient (Wildman–Crippen LogP) is 3.81. The number of hydrogen-bond acceptors (Lipinski definition) is 3. The Labute approximate surface area is 124 Å². The molecule has 0 bridgehead atoms. The zero-order chi connectivity index (χ0) is 14.1. The summed E-state index contributed by atoms with van der Waals surface area (Å²) in [6.07, 6.45) is 1.72. The third-order valence-corrected chi connectivity index (χ3v) is 3.82. The zero-order valence-electron chi connectivity index (χ0n) is 10.5. The zero-order valence-corrected chi connectivity index (χ0v) is 12.1. The molecule has 0 aliphatic heterocycles. The van der Waals surface area contributed by atoms with Crippen LogP contribution < -0.4 is 5.73 Å². The van der Waals surface area contributed by atoms with Crippen molar-refractivity contribution in [2.75, 3.05) is 5.73 Å². The molecule has 0 radical (unpaired) electrons. The quantitative estimate of drug-likeness (QED) is 0.575. The summed E-state index contributed by atoms with van der Waals surface area (Å²) >= 11 is 3.34. The highest BCUT2D eigenvalue weighted by atomic mass is 79.9. The number of fused-ring (bicyclic) bond motifs is 1. The van der Waals surface area contributed by atoms with Gasteiger partial charge in [-0.05, 0) is 46.3 Å². The molecule has 2 aromatic carbocycles. The summed E-state index contributed by atoms with van der Waals surface area (Å²) in [5, 5.41) is 1.02. The number of nitrogens with two attached hydrogens (primary N) is 1. The van der Waals surface area contributed by atoms with E-state index in [0.717, 1.165) is 15.4 Å². The number of carbonyl (C=O) groups excluding carboxylic acids is 1. The normalized spacial score (nSPS) is 10.7. The number of nitrogen functional groups attached to an aromatic ring is 1. The van der Waals surface area contributed by atoms with Gasteiger partial charge in [-0.1, -0.05) is 18.2 Å². The molecule has 0 aliphatic carbocycles. The van der Waals surface area contributed by atoms with Crippen LogP contribution in [0.25, 0.3) is 10.9 Å². The van der Waals surface area contributed by atoms with Crippen LogP contribution in [0.5, 0.6) is 0 Å². The molecule has 3 aromatic rings. The van der Waals surface area contributed by atoms with E-state index < -0.39 is 0 Å². The minimum absolute atomic E-state index is 0.0433. The van der Waals surface area contributed by atoms with Crippen LogP contribution in [0.1, 0.15) is 15.9 Å². The first-order chi connectivity index (χ1) is 9.65. The summed E-state index contributed by atoms with van der Waals surface area (Å²) in [4.78, 5) is 16.7. The fourth-order valence-electron chi connectivity index (χ4n) is 2.04. The molecular weight excluding hydrogens is 316 g/mol. The maximum Gasteiger partial charge on any atom is 0.193 e. The van der Waals surface area contributed by atoms with Crippen LogP contribution in [-0.4, -0.2) is 10.8 Å². The van der Waals surface area contributed by atoms with E-state index in [2.05, 4.69) is 20.9 Å². The largest absolute Gasteiger partial charge is 0.398 e. The van der Waals surface area contributed by atoms with Crippen molar-refractivity contribution in [3.63, 3.8) is 0 Å². The minimum Gasteiger partial charge on any atom is -0.398 e. The summed E-state index contributed by atoms with van der Waals surface area (Å²) in [5.74, 6) is -0.0433. The van der Waals surface area contributed by atoms with Gasteiger partial charge in [0.15, 0.2) is 5.78 Å². The van der Waals surface area contributed by atoms with Crippen LogP contribution in [0, 0.1) is 0 Å². The van der Waals surface area contributed by atoms with Gasteiger partial charge in [0, 0.05) is 32.9 Å². The van der Waals surface area contributed by atoms with Gasteiger partial charge in [-0.3, -0.25) is 9.78 Å². The molecule has 0 fully saturated rings. The first-order valence-corrected chi connectivity index (χ1v) is 6.89. The maximum atomic E-state index is 12.5. The molecule has 0 atom stereocenters. The number of ketones is 1. The lowest BCUT2D eigenvalue weighted by molar-refractivity contribution is 0.103. The average molecular weight is 327 g/mol. The summed E-state index contributed by atoms with van der Waals surface area (Å²) < 4.78 is 0.724. The molecule has 0 saturated heterocycles. The number of halogens is 1. The van der Waals surface area contributed by atoms with Crippen molar-refractivity contribution in [1.29, 1.82) is 0 Å². The van der Waals surface area contributed by atoms with Gasteiger partial charge in [-0.2, -0.15) is 0 Å². The minimum atomic E-state index is -0.0433. The number of carbonyl (C=O) groups is 1. The Kier molecular flexibility index (Phi) is 3.24. The Bertz CT molecular complexity index is 814. The van der Waals surface area contributed by atoms with Gasteiger partial charge < -0.3 is 5.73 Å². The highest BCUT2D eigenvalue weighted by Gasteiger charge is 2.11. The van der Waals surface area contributed by atoms with Gasteiger partial charge in [0.25, 0.3) is 0 Å². The van der Waals surface area contributed by atoms with Crippen LogP contribution in [-0.2, 0) is 0 Å². The fourth-order valence-corrected chi connectivity index (χ4v) is 2.42. The van der Waals surface area contributed by atoms with Crippen LogP contribution in [0.2, 0.25) is 0 Å². The second-order valence-electron chi connectivity index (χ2n) is 4.48. The van der Waals surface area contributed by atoms with Gasteiger partial charge >= 0.3 is 0 Å². The lowest BCUT2D eigenvalue weighted by Gasteiger charge is -2.05. The number of pyridine rings is 1. The highest BCUT2D eigenvalue weighted by Crippen LogP contribution is 2.23. The van der Waals surface area contributed by atoms with Crippen LogP contribution in [0.15, 0.2) is 59.2 Å². The predicted molar refractivity (Wildman–Crippen MR) is 83.7 cm³/mol. The summed E-state index contributed by atoms with van der Waals surface area (Å²) in [6.45, 7) is 0. The molecule has 2 N–H and O–H groups in total. The SMILES string of the molecule is Nc1ccc(C(=O)c2ccc3cccnc3c2)cc1Br. The van der Waals surface area contributed by atoms with Crippen molar-refractivity contribution in [1.82, 2.24) is 4.98 Å². The Balaban J connectivity index is 2.05. The van der Waals surface area contributed by atoms with Gasteiger partial charge in [-0.25, -0.2) is 0 Å². The molecule has 0 spiro atoms. The van der Waals surface area contributed by atoms with Gasteiger partial charge in [0.05, 0.1) is 5.52 Å². The van der Waals surface area contributed by atoms with E-state index in [4.69, 9.17) is 5.73 Å². The van der Waals surface area contributed by atoms with Crippen LogP contribution in [0.3, 0.4) is 0 Å². The first kappa shape index (κ1) is 12.8. The van der Waals surface area contributed by atoms with E-state index in [1.807, 2.05) is 30.3 Å². The van der Waals surface area contributed by atoms with Crippen LogP contribution in [0.4, 0.5) is 5.69 Å². The molecule has 3 nitrogen and oxygen atoms in total. The second-order valence-corrected chi connectivity index (χ2v) is 5.33. The lowest BCUT2D eigenvalue weighted by Crippen LogP contribution is -2.02. The molecule has 4 heteroatoms. The third-order valence-electron chi connectivity index (χ3n) is 3.13. The highest BCUT2D eigenvalue weighted by molar-refractivity contribution is 9.10. The molecule has 3 rings (SSSR count). The Hall–Kier alpha value is -2.20. The van der Waals surface area contributed by atoms with Gasteiger partial charge in [-0.15, -0.1) is 0 Å². The van der Waals surface area contributed by atoms with E-state index >= 15 is 0 Å².